The first-order chi connectivity index (χ1) is 8.88. The summed E-state index contributed by atoms with van der Waals surface area (Å²) in [7, 11) is 0. The van der Waals surface area contributed by atoms with Crippen LogP contribution in [0.25, 0.3) is 0 Å². The van der Waals surface area contributed by atoms with E-state index in [0.717, 1.165) is 0 Å². The van der Waals surface area contributed by atoms with Crippen LogP contribution >= 0.6 is 15.9 Å². The van der Waals surface area contributed by atoms with Gasteiger partial charge in [-0.2, -0.15) is 0 Å². The molecular formula is C13H16BrNO4. The van der Waals surface area contributed by atoms with Crippen LogP contribution < -0.4 is 0 Å². The van der Waals surface area contributed by atoms with Gasteiger partial charge in [0.05, 0.1) is 23.5 Å². The Hall–Kier alpha value is -0.980. The molecule has 0 bridgehead atoms. The molecule has 1 fully saturated rings. The first kappa shape index (κ1) is 14.4. The number of hydrogen-bond donors (Lipinski definition) is 0. The molecule has 0 radical (unpaired) electrons. The van der Waals surface area contributed by atoms with E-state index in [-0.39, 0.29) is 11.1 Å². The third-order valence-corrected chi connectivity index (χ3v) is 3.80. The molecule has 0 spiro atoms. The normalized spacial score (nSPS) is 21.0. The van der Waals surface area contributed by atoms with Gasteiger partial charge in [-0.3, -0.25) is 10.1 Å². The van der Waals surface area contributed by atoms with Crippen molar-refractivity contribution in [2.24, 2.45) is 5.41 Å². The van der Waals surface area contributed by atoms with E-state index in [9.17, 15) is 10.1 Å². The summed E-state index contributed by atoms with van der Waals surface area (Å²) in [6.07, 6.45) is 0. The molecule has 2 rings (SSSR count). The SMILES string of the molecule is CC1(C)COC(CBr)(c2cccc([N+](=O)[O-])c2)OC1. The lowest BCUT2D eigenvalue weighted by Gasteiger charge is -2.42. The number of alkyl halides is 1. The summed E-state index contributed by atoms with van der Waals surface area (Å²) < 4.78 is 11.7. The maximum absolute atomic E-state index is 10.8. The van der Waals surface area contributed by atoms with Crippen LogP contribution in [0.4, 0.5) is 5.69 Å². The maximum Gasteiger partial charge on any atom is 0.269 e. The number of hydrogen-bond acceptors (Lipinski definition) is 4. The fraction of sp³-hybridized carbons (Fsp3) is 0.538. The van der Waals surface area contributed by atoms with Gasteiger partial charge in [0.15, 0.2) is 0 Å². The van der Waals surface area contributed by atoms with E-state index in [4.69, 9.17) is 9.47 Å². The van der Waals surface area contributed by atoms with Crippen molar-refractivity contribution in [3.05, 3.63) is 39.9 Å². The van der Waals surface area contributed by atoms with E-state index in [2.05, 4.69) is 29.8 Å². The zero-order valence-electron chi connectivity index (χ0n) is 10.9. The van der Waals surface area contributed by atoms with Crippen LogP contribution in [-0.4, -0.2) is 23.5 Å². The minimum absolute atomic E-state index is 0.0369. The summed E-state index contributed by atoms with van der Waals surface area (Å²) in [5.41, 5.74) is 0.649. The Kier molecular flexibility index (Phi) is 3.94. The highest BCUT2D eigenvalue weighted by Crippen LogP contribution is 2.38. The number of nitro benzene ring substituents is 1. The molecule has 0 unspecified atom stereocenters. The van der Waals surface area contributed by atoms with E-state index in [1.807, 2.05) is 0 Å². The molecule has 104 valence electrons. The zero-order chi connectivity index (χ0) is 14.1. The second kappa shape index (κ2) is 5.19. The minimum atomic E-state index is -0.943. The van der Waals surface area contributed by atoms with Gasteiger partial charge in [-0.15, -0.1) is 0 Å². The van der Waals surface area contributed by atoms with Gasteiger partial charge in [0, 0.05) is 23.1 Å². The standard InChI is InChI=1S/C13H16BrNO4/c1-12(2)8-18-13(7-14,19-9-12)10-4-3-5-11(6-10)15(16)17/h3-6H,7-9H2,1-2H3. The van der Waals surface area contributed by atoms with Crippen LogP contribution in [-0.2, 0) is 15.3 Å². The van der Waals surface area contributed by atoms with Gasteiger partial charge in [0.25, 0.3) is 5.69 Å². The number of nitro groups is 1. The third kappa shape index (κ3) is 2.96. The highest BCUT2D eigenvalue weighted by Gasteiger charge is 2.41. The molecular weight excluding hydrogens is 314 g/mol. The molecule has 1 saturated heterocycles. The van der Waals surface area contributed by atoms with Crippen molar-refractivity contribution in [3.63, 3.8) is 0 Å². The van der Waals surface area contributed by atoms with Crippen molar-refractivity contribution in [2.45, 2.75) is 19.6 Å². The van der Waals surface area contributed by atoms with E-state index >= 15 is 0 Å². The highest BCUT2D eigenvalue weighted by molar-refractivity contribution is 9.09. The second-order valence-electron chi connectivity index (χ2n) is 5.44. The summed E-state index contributed by atoms with van der Waals surface area (Å²) in [6.45, 7) is 5.19. The van der Waals surface area contributed by atoms with E-state index < -0.39 is 10.7 Å². The predicted molar refractivity (Wildman–Crippen MR) is 74.3 cm³/mol. The molecule has 0 amide bonds. The van der Waals surface area contributed by atoms with Crippen molar-refractivity contribution in [1.82, 2.24) is 0 Å². The molecule has 1 aromatic rings. The first-order valence-corrected chi connectivity index (χ1v) is 7.10. The van der Waals surface area contributed by atoms with Crippen molar-refractivity contribution in [2.75, 3.05) is 18.5 Å². The number of rotatable bonds is 3. The molecule has 0 aliphatic carbocycles. The molecule has 19 heavy (non-hydrogen) atoms. The van der Waals surface area contributed by atoms with Gasteiger partial charge in [0.1, 0.15) is 0 Å². The first-order valence-electron chi connectivity index (χ1n) is 5.97. The lowest BCUT2D eigenvalue weighted by atomic mass is 9.93. The van der Waals surface area contributed by atoms with Crippen LogP contribution in [0.5, 0.6) is 0 Å². The lowest BCUT2D eigenvalue weighted by Crippen LogP contribution is -2.46. The van der Waals surface area contributed by atoms with Crippen LogP contribution in [0.15, 0.2) is 24.3 Å². The summed E-state index contributed by atoms with van der Waals surface area (Å²) in [5.74, 6) is -0.943. The van der Waals surface area contributed by atoms with Gasteiger partial charge in [0.2, 0.25) is 5.79 Å². The smallest absolute Gasteiger partial charge is 0.269 e. The maximum atomic E-state index is 10.8. The zero-order valence-corrected chi connectivity index (χ0v) is 12.5. The van der Waals surface area contributed by atoms with E-state index in [1.54, 1.807) is 12.1 Å². The number of halogens is 1. The van der Waals surface area contributed by atoms with Crippen LogP contribution in [0.3, 0.4) is 0 Å². The Balaban J connectivity index is 2.32. The fourth-order valence-corrected chi connectivity index (χ4v) is 2.53. The number of benzene rings is 1. The molecule has 1 aliphatic heterocycles. The molecule has 1 heterocycles. The van der Waals surface area contributed by atoms with Crippen molar-refractivity contribution in [3.8, 4) is 0 Å². The fourth-order valence-electron chi connectivity index (χ4n) is 1.88. The number of nitrogens with zero attached hydrogens (tertiary/aromatic N) is 1. The monoisotopic (exact) mass is 329 g/mol. The summed E-state index contributed by atoms with van der Waals surface area (Å²) in [6, 6.07) is 6.38. The lowest BCUT2D eigenvalue weighted by molar-refractivity contribution is -0.385. The second-order valence-corrected chi connectivity index (χ2v) is 6.00. The molecule has 6 heteroatoms. The molecule has 0 saturated carbocycles. The molecule has 0 atom stereocenters. The van der Waals surface area contributed by atoms with Crippen molar-refractivity contribution in [1.29, 1.82) is 0 Å². The summed E-state index contributed by atoms with van der Waals surface area (Å²) in [5, 5.41) is 11.3. The highest BCUT2D eigenvalue weighted by atomic mass is 79.9. The third-order valence-electron chi connectivity index (χ3n) is 3.06. The summed E-state index contributed by atoms with van der Waals surface area (Å²) in [4.78, 5) is 10.4. The van der Waals surface area contributed by atoms with Gasteiger partial charge in [-0.25, -0.2) is 0 Å². The quantitative estimate of drug-likeness (QED) is 0.485. The van der Waals surface area contributed by atoms with Gasteiger partial charge >= 0.3 is 0 Å². The molecule has 0 N–H and O–H groups in total. The molecule has 5 nitrogen and oxygen atoms in total. The van der Waals surface area contributed by atoms with Crippen LogP contribution in [0.2, 0.25) is 0 Å². The van der Waals surface area contributed by atoms with E-state index in [1.165, 1.54) is 12.1 Å². The van der Waals surface area contributed by atoms with Crippen molar-refractivity contribution < 1.29 is 14.4 Å². The predicted octanol–water partition coefficient (Wildman–Crippen LogP) is 3.22. The molecule has 1 aliphatic rings. The van der Waals surface area contributed by atoms with Crippen molar-refractivity contribution >= 4 is 21.6 Å². The topological polar surface area (TPSA) is 61.6 Å². The molecule has 0 aromatic heterocycles. The Morgan fingerprint density at radius 3 is 2.53 bits per heavy atom. The van der Waals surface area contributed by atoms with E-state index in [0.29, 0.717) is 24.1 Å². The number of non-ortho nitro benzene ring substituents is 1. The number of ether oxygens (including phenoxy) is 2. The molecule has 1 aromatic carbocycles. The summed E-state index contributed by atoms with van der Waals surface area (Å²) >= 11 is 3.38. The Bertz CT molecular complexity index is 479. The average molecular weight is 330 g/mol. The van der Waals surface area contributed by atoms with Crippen LogP contribution in [0.1, 0.15) is 19.4 Å². The van der Waals surface area contributed by atoms with Gasteiger partial charge < -0.3 is 9.47 Å². The minimum Gasteiger partial charge on any atom is -0.345 e. The van der Waals surface area contributed by atoms with Gasteiger partial charge in [-0.05, 0) is 0 Å². The Morgan fingerprint density at radius 1 is 1.37 bits per heavy atom. The largest absolute Gasteiger partial charge is 0.345 e. The van der Waals surface area contributed by atoms with Crippen LogP contribution in [0, 0.1) is 15.5 Å². The Labute approximate surface area is 120 Å². The van der Waals surface area contributed by atoms with Gasteiger partial charge in [-0.1, -0.05) is 41.9 Å². The average Bonchev–Trinajstić information content (AvgIpc) is 2.39. The Morgan fingerprint density at radius 2 is 2.00 bits per heavy atom.